The van der Waals surface area contributed by atoms with E-state index >= 15 is 0 Å². The molecule has 1 aromatic heterocycles. The van der Waals surface area contributed by atoms with Gasteiger partial charge in [-0.3, -0.25) is 14.2 Å². The number of hydrogen-bond donors (Lipinski definition) is 3. The van der Waals surface area contributed by atoms with E-state index in [9.17, 15) is 19.8 Å². The fourth-order valence-corrected chi connectivity index (χ4v) is 2.46. The van der Waals surface area contributed by atoms with Gasteiger partial charge in [-0.2, -0.15) is 10.4 Å². The summed E-state index contributed by atoms with van der Waals surface area (Å²) >= 11 is 3.19. The topological polar surface area (TPSA) is 128 Å². The van der Waals surface area contributed by atoms with Crippen LogP contribution in [0.3, 0.4) is 0 Å². The highest BCUT2D eigenvalue weighted by molar-refractivity contribution is 9.10. The number of nitriles is 1. The van der Waals surface area contributed by atoms with Crippen LogP contribution in [0.25, 0.3) is 0 Å². The maximum Gasteiger partial charge on any atom is 0.275 e. The van der Waals surface area contributed by atoms with Crippen molar-refractivity contribution in [3.63, 3.8) is 0 Å². The van der Waals surface area contributed by atoms with Crippen LogP contribution in [0.5, 0.6) is 11.6 Å². The molecule has 1 amide bonds. The van der Waals surface area contributed by atoms with E-state index in [0.29, 0.717) is 4.47 Å². The van der Waals surface area contributed by atoms with Crippen molar-refractivity contribution in [1.29, 1.82) is 5.26 Å². The molecule has 3 N–H and O–H groups in total. The molecular formula is C16H13BrN4O4. The largest absolute Gasteiger partial charge is 0.507 e. The number of aromatic nitrogens is 1. The molecule has 0 spiro atoms. The quantitative estimate of drug-likeness (QED) is 0.527. The first-order valence-electron chi connectivity index (χ1n) is 6.92. The van der Waals surface area contributed by atoms with Crippen LogP contribution in [0.4, 0.5) is 0 Å². The molecule has 0 saturated heterocycles. The van der Waals surface area contributed by atoms with Crippen LogP contribution >= 0.6 is 15.9 Å². The average molecular weight is 405 g/mol. The Balaban J connectivity index is 2.33. The number of nitrogens with zero attached hydrogens (tertiary/aromatic N) is 3. The summed E-state index contributed by atoms with van der Waals surface area (Å²) in [6.45, 7) is 1.49. The van der Waals surface area contributed by atoms with E-state index in [1.165, 1.54) is 26.1 Å². The lowest BCUT2D eigenvalue weighted by Gasteiger charge is -2.09. The number of pyridine rings is 1. The summed E-state index contributed by atoms with van der Waals surface area (Å²) in [4.78, 5) is 23.9. The van der Waals surface area contributed by atoms with Crippen molar-refractivity contribution in [2.24, 2.45) is 12.1 Å². The summed E-state index contributed by atoms with van der Waals surface area (Å²) in [6.07, 6.45) is 1.12. The van der Waals surface area contributed by atoms with Gasteiger partial charge in [-0.05, 0) is 30.7 Å². The molecule has 1 heterocycles. The van der Waals surface area contributed by atoms with Crippen LogP contribution < -0.4 is 11.0 Å². The molecule has 0 radical (unpaired) electrons. The van der Waals surface area contributed by atoms with Crippen molar-refractivity contribution in [2.75, 3.05) is 0 Å². The molecule has 0 aliphatic carbocycles. The van der Waals surface area contributed by atoms with Gasteiger partial charge < -0.3 is 10.2 Å². The number of carbonyl (C=O) groups excluding carboxylic acids is 1. The molecule has 1 aromatic carbocycles. The Morgan fingerprint density at radius 1 is 1.44 bits per heavy atom. The van der Waals surface area contributed by atoms with E-state index in [4.69, 9.17) is 5.26 Å². The number of benzene rings is 1. The highest BCUT2D eigenvalue weighted by Gasteiger charge is 2.16. The third-order valence-corrected chi connectivity index (χ3v) is 4.02. The second kappa shape index (κ2) is 7.19. The summed E-state index contributed by atoms with van der Waals surface area (Å²) in [5.41, 5.74) is 1.83. The number of halogens is 1. The zero-order valence-electron chi connectivity index (χ0n) is 13.2. The highest BCUT2D eigenvalue weighted by atomic mass is 79.9. The lowest BCUT2D eigenvalue weighted by Crippen LogP contribution is -2.23. The average Bonchev–Trinajstić information content (AvgIpc) is 2.58. The highest BCUT2D eigenvalue weighted by Crippen LogP contribution is 2.22. The first kappa shape index (κ1) is 18.2. The van der Waals surface area contributed by atoms with Gasteiger partial charge in [0.15, 0.2) is 0 Å². The molecular weight excluding hydrogens is 392 g/mol. The smallest absolute Gasteiger partial charge is 0.275 e. The summed E-state index contributed by atoms with van der Waals surface area (Å²) in [5, 5.41) is 32.5. The number of hydrazone groups is 1. The number of aromatic hydroxyl groups is 2. The van der Waals surface area contributed by atoms with Crippen LogP contribution in [0, 0.1) is 18.3 Å². The van der Waals surface area contributed by atoms with Gasteiger partial charge >= 0.3 is 0 Å². The number of phenols is 1. The van der Waals surface area contributed by atoms with Gasteiger partial charge in [-0.15, -0.1) is 0 Å². The van der Waals surface area contributed by atoms with Gasteiger partial charge in [0, 0.05) is 11.5 Å². The Morgan fingerprint density at radius 3 is 2.76 bits per heavy atom. The van der Waals surface area contributed by atoms with Gasteiger partial charge in [-0.25, -0.2) is 5.43 Å². The van der Waals surface area contributed by atoms with Crippen molar-refractivity contribution in [2.45, 2.75) is 6.92 Å². The third kappa shape index (κ3) is 3.54. The fraction of sp³-hybridized carbons (Fsp3) is 0.125. The molecule has 128 valence electrons. The Bertz CT molecular complexity index is 989. The maximum absolute atomic E-state index is 12.0. The molecule has 0 aliphatic heterocycles. The minimum absolute atomic E-state index is 0.00523. The second-order valence-corrected chi connectivity index (χ2v) is 5.99. The van der Waals surface area contributed by atoms with Crippen LogP contribution in [0.2, 0.25) is 0 Å². The van der Waals surface area contributed by atoms with Gasteiger partial charge in [0.1, 0.15) is 17.4 Å². The van der Waals surface area contributed by atoms with Crippen LogP contribution in [0.1, 0.15) is 27.0 Å². The second-order valence-electron chi connectivity index (χ2n) is 5.07. The molecule has 2 rings (SSSR count). The normalized spacial score (nSPS) is 10.6. The molecule has 0 saturated carbocycles. The molecule has 2 aromatic rings. The maximum atomic E-state index is 12.0. The standard InChI is InChI=1S/C16H13BrN4O4/c1-8-11(6-18)15(24)21(2)16(25)12(8)7-19-20-14(23)10-5-9(17)3-4-13(10)22/h3-5,7,22,25H,1-2H3,(H,20,23)/b19-7+. The van der Waals surface area contributed by atoms with Crippen LogP contribution in [0.15, 0.2) is 32.6 Å². The van der Waals surface area contributed by atoms with Gasteiger partial charge in [0.2, 0.25) is 5.88 Å². The Labute approximate surface area is 150 Å². The van der Waals surface area contributed by atoms with E-state index < -0.39 is 11.5 Å². The van der Waals surface area contributed by atoms with E-state index in [1.807, 2.05) is 0 Å². The summed E-state index contributed by atoms with van der Waals surface area (Å²) in [7, 11) is 1.31. The number of carbonyl (C=O) groups is 1. The van der Waals surface area contributed by atoms with Gasteiger partial charge in [-0.1, -0.05) is 15.9 Å². The van der Waals surface area contributed by atoms with E-state index in [2.05, 4.69) is 26.5 Å². The van der Waals surface area contributed by atoms with Crippen molar-refractivity contribution in [1.82, 2.24) is 9.99 Å². The van der Waals surface area contributed by atoms with E-state index in [-0.39, 0.29) is 33.9 Å². The van der Waals surface area contributed by atoms with Crippen LogP contribution in [-0.4, -0.2) is 26.9 Å². The predicted molar refractivity (Wildman–Crippen MR) is 93.7 cm³/mol. The molecule has 8 nitrogen and oxygen atoms in total. The van der Waals surface area contributed by atoms with E-state index in [0.717, 1.165) is 10.8 Å². The van der Waals surface area contributed by atoms with Gasteiger partial charge in [0.05, 0.1) is 17.3 Å². The summed E-state index contributed by atoms with van der Waals surface area (Å²) in [5.74, 6) is -1.27. The number of nitrogens with one attached hydrogen (secondary N) is 1. The monoisotopic (exact) mass is 404 g/mol. The van der Waals surface area contributed by atoms with Crippen molar-refractivity contribution < 1.29 is 15.0 Å². The van der Waals surface area contributed by atoms with Crippen molar-refractivity contribution in [3.05, 3.63) is 55.3 Å². The number of phenolic OH excluding ortho intramolecular Hbond substituents is 1. The Morgan fingerprint density at radius 2 is 2.12 bits per heavy atom. The first-order chi connectivity index (χ1) is 11.8. The first-order valence-corrected chi connectivity index (χ1v) is 7.71. The number of hydrogen-bond acceptors (Lipinski definition) is 6. The third-order valence-electron chi connectivity index (χ3n) is 3.53. The fourth-order valence-electron chi connectivity index (χ4n) is 2.10. The summed E-state index contributed by atoms with van der Waals surface area (Å²) < 4.78 is 1.51. The zero-order chi connectivity index (χ0) is 18.7. The van der Waals surface area contributed by atoms with Gasteiger partial charge in [0.25, 0.3) is 11.5 Å². The van der Waals surface area contributed by atoms with Crippen LogP contribution in [-0.2, 0) is 7.05 Å². The Kier molecular flexibility index (Phi) is 5.24. The van der Waals surface area contributed by atoms with Crippen molar-refractivity contribution in [3.8, 4) is 17.7 Å². The molecule has 0 unspecified atom stereocenters. The lowest BCUT2D eigenvalue weighted by atomic mass is 10.1. The minimum Gasteiger partial charge on any atom is -0.507 e. The number of amides is 1. The molecule has 0 fully saturated rings. The van der Waals surface area contributed by atoms with E-state index in [1.54, 1.807) is 12.1 Å². The molecule has 25 heavy (non-hydrogen) atoms. The number of rotatable bonds is 3. The lowest BCUT2D eigenvalue weighted by molar-refractivity contribution is 0.0952. The Hall–Kier alpha value is -3.12. The summed E-state index contributed by atoms with van der Waals surface area (Å²) in [6, 6.07) is 6.12. The predicted octanol–water partition coefficient (Wildman–Crippen LogP) is 1.50. The molecule has 0 aliphatic rings. The van der Waals surface area contributed by atoms with Crippen molar-refractivity contribution >= 4 is 28.1 Å². The molecule has 9 heteroatoms. The minimum atomic E-state index is -0.669. The molecule has 0 atom stereocenters. The SMILES string of the molecule is Cc1c(/C=N/NC(=O)c2cc(Br)ccc2O)c(O)n(C)c(=O)c1C#N. The zero-order valence-corrected chi connectivity index (χ0v) is 14.8. The molecule has 0 bridgehead atoms.